The molecule has 32 heavy (non-hydrogen) atoms. The molecule has 0 radical (unpaired) electrons. The van der Waals surface area contributed by atoms with Crippen LogP contribution in [0.25, 0.3) is 0 Å². The third-order valence-corrected chi connectivity index (χ3v) is 5.60. The summed E-state index contributed by atoms with van der Waals surface area (Å²) in [5, 5.41) is 0. The van der Waals surface area contributed by atoms with Crippen LogP contribution in [0.2, 0.25) is 0 Å². The van der Waals surface area contributed by atoms with E-state index in [1.807, 2.05) is 0 Å². The van der Waals surface area contributed by atoms with E-state index >= 15 is 0 Å². The summed E-state index contributed by atoms with van der Waals surface area (Å²) in [5.74, 6) is 1.03. The lowest BCUT2D eigenvalue weighted by molar-refractivity contribution is 0.187. The number of rotatable bonds is 10. The maximum absolute atomic E-state index is 4.59. The fraction of sp³-hybridized carbons (Fsp3) is 0.133. The Morgan fingerprint density at radius 1 is 0.406 bits per heavy atom. The zero-order valence-corrected chi connectivity index (χ0v) is 18.5. The van der Waals surface area contributed by atoms with Crippen molar-refractivity contribution in [1.29, 1.82) is 0 Å². The van der Waals surface area contributed by atoms with Crippen LogP contribution in [0.15, 0.2) is 134 Å². The van der Waals surface area contributed by atoms with E-state index in [0.29, 0.717) is 0 Å². The minimum atomic E-state index is 0.814. The minimum Gasteiger partial charge on any atom is -0.350 e. The van der Waals surface area contributed by atoms with E-state index in [4.69, 9.17) is 0 Å². The molecule has 0 aromatic heterocycles. The summed E-state index contributed by atoms with van der Waals surface area (Å²) in [4.78, 5) is 4.77. The van der Waals surface area contributed by atoms with Gasteiger partial charge in [-0.25, -0.2) is 0 Å². The molecule has 0 aliphatic heterocycles. The average molecular weight is 419 g/mol. The summed E-state index contributed by atoms with van der Waals surface area (Å²) in [7, 11) is 0. The van der Waals surface area contributed by atoms with Crippen LogP contribution in [-0.4, -0.2) is 9.80 Å². The van der Waals surface area contributed by atoms with Gasteiger partial charge in [-0.1, -0.05) is 128 Å². The molecule has 0 heterocycles. The van der Waals surface area contributed by atoms with Gasteiger partial charge in [0, 0.05) is 26.2 Å². The van der Waals surface area contributed by atoms with Gasteiger partial charge in [0.1, 0.15) is 0 Å². The van der Waals surface area contributed by atoms with Crippen LogP contribution < -0.4 is 0 Å². The van der Waals surface area contributed by atoms with Gasteiger partial charge < -0.3 is 9.80 Å². The molecule has 4 rings (SSSR count). The standard InChI is InChI=1S/C30H30N2/c1-26(31(22-27-14-6-2-7-15-27)23-28-16-8-3-9-17-28)32(24-29-18-10-4-11-19-29)25-30-20-12-5-13-21-30/h2-21H,1,22-25H2. The summed E-state index contributed by atoms with van der Waals surface area (Å²) < 4.78 is 0. The van der Waals surface area contributed by atoms with Crippen LogP contribution in [0.1, 0.15) is 22.3 Å². The van der Waals surface area contributed by atoms with E-state index < -0.39 is 0 Å². The predicted octanol–water partition coefficient (Wildman–Crippen LogP) is 6.86. The highest BCUT2D eigenvalue weighted by atomic mass is 15.3. The number of hydrogen-bond acceptors (Lipinski definition) is 2. The van der Waals surface area contributed by atoms with Crippen molar-refractivity contribution in [2.24, 2.45) is 0 Å². The van der Waals surface area contributed by atoms with E-state index in [1.165, 1.54) is 22.3 Å². The number of benzene rings is 4. The molecule has 4 aromatic rings. The van der Waals surface area contributed by atoms with Crippen molar-refractivity contribution in [2.75, 3.05) is 0 Å². The lowest BCUT2D eigenvalue weighted by atomic mass is 10.1. The molecule has 0 unspecified atom stereocenters. The molecular formula is C30H30N2. The van der Waals surface area contributed by atoms with Gasteiger partial charge in [-0.15, -0.1) is 0 Å². The Morgan fingerprint density at radius 3 is 0.844 bits per heavy atom. The zero-order valence-electron chi connectivity index (χ0n) is 18.5. The van der Waals surface area contributed by atoms with E-state index in [1.54, 1.807) is 0 Å². The Labute approximate surface area is 192 Å². The van der Waals surface area contributed by atoms with Crippen molar-refractivity contribution in [3.8, 4) is 0 Å². The first-order chi connectivity index (χ1) is 15.8. The Kier molecular flexibility index (Phi) is 7.38. The molecule has 0 aliphatic carbocycles. The van der Waals surface area contributed by atoms with E-state index in [9.17, 15) is 0 Å². The molecule has 2 nitrogen and oxygen atoms in total. The third kappa shape index (κ3) is 6.12. The first-order valence-electron chi connectivity index (χ1n) is 11.1. The molecule has 0 atom stereocenters. The Bertz CT molecular complexity index is 905. The van der Waals surface area contributed by atoms with Gasteiger partial charge in [-0.3, -0.25) is 0 Å². The van der Waals surface area contributed by atoms with Crippen molar-refractivity contribution in [3.05, 3.63) is 156 Å². The van der Waals surface area contributed by atoms with E-state index in [0.717, 1.165) is 32.0 Å². The highest BCUT2D eigenvalue weighted by Gasteiger charge is 2.17. The van der Waals surface area contributed by atoms with Gasteiger partial charge in [0.15, 0.2) is 0 Å². The lowest BCUT2D eigenvalue weighted by Gasteiger charge is -2.36. The first-order valence-corrected chi connectivity index (χ1v) is 11.1. The molecule has 0 aliphatic rings. The van der Waals surface area contributed by atoms with Crippen LogP contribution in [-0.2, 0) is 26.2 Å². The molecule has 0 N–H and O–H groups in total. The summed E-state index contributed by atoms with van der Waals surface area (Å²) in [5.41, 5.74) is 5.13. The SMILES string of the molecule is C=C(N(Cc1ccccc1)Cc1ccccc1)N(Cc1ccccc1)Cc1ccccc1. The van der Waals surface area contributed by atoms with Crippen molar-refractivity contribution >= 4 is 0 Å². The normalized spacial score (nSPS) is 10.5. The zero-order chi connectivity index (χ0) is 22.0. The Balaban J connectivity index is 1.62. The van der Waals surface area contributed by atoms with Crippen molar-refractivity contribution < 1.29 is 0 Å². The molecule has 0 spiro atoms. The quantitative estimate of drug-likeness (QED) is 0.277. The molecule has 0 bridgehead atoms. The van der Waals surface area contributed by atoms with Gasteiger partial charge in [-0.05, 0) is 22.3 Å². The average Bonchev–Trinajstić information content (AvgIpc) is 2.85. The van der Waals surface area contributed by atoms with Gasteiger partial charge >= 0.3 is 0 Å². The topological polar surface area (TPSA) is 6.48 Å². The first kappa shape index (κ1) is 21.5. The second-order valence-electron chi connectivity index (χ2n) is 8.07. The van der Waals surface area contributed by atoms with Gasteiger partial charge in [0.2, 0.25) is 0 Å². The van der Waals surface area contributed by atoms with Gasteiger partial charge in [-0.2, -0.15) is 0 Å². The maximum Gasteiger partial charge on any atom is 0.0977 e. The fourth-order valence-electron chi connectivity index (χ4n) is 3.89. The van der Waals surface area contributed by atoms with E-state index in [2.05, 4.69) is 138 Å². The predicted molar refractivity (Wildman–Crippen MR) is 133 cm³/mol. The van der Waals surface area contributed by atoms with Crippen molar-refractivity contribution in [1.82, 2.24) is 9.80 Å². The molecule has 0 amide bonds. The Hall–Kier alpha value is -3.78. The molecule has 4 aromatic carbocycles. The van der Waals surface area contributed by atoms with Crippen LogP contribution in [0, 0.1) is 0 Å². The van der Waals surface area contributed by atoms with Gasteiger partial charge in [0.05, 0.1) is 5.82 Å². The molecule has 0 saturated carbocycles. The number of nitrogens with zero attached hydrogens (tertiary/aromatic N) is 2. The van der Waals surface area contributed by atoms with Crippen LogP contribution in [0.5, 0.6) is 0 Å². The third-order valence-electron chi connectivity index (χ3n) is 5.60. The molecule has 0 fully saturated rings. The van der Waals surface area contributed by atoms with Crippen LogP contribution >= 0.6 is 0 Å². The largest absolute Gasteiger partial charge is 0.350 e. The molecule has 0 saturated heterocycles. The van der Waals surface area contributed by atoms with Crippen molar-refractivity contribution in [2.45, 2.75) is 26.2 Å². The lowest BCUT2D eigenvalue weighted by Crippen LogP contribution is -2.34. The fourth-order valence-corrected chi connectivity index (χ4v) is 3.89. The summed E-state index contributed by atoms with van der Waals surface area (Å²) in [6, 6.07) is 42.6. The second kappa shape index (κ2) is 11.0. The molecule has 2 heteroatoms. The van der Waals surface area contributed by atoms with Gasteiger partial charge in [0.25, 0.3) is 0 Å². The van der Waals surface area contributed by atoms with Crippen LogP contribution in [0.3, 0.4) is 0 Å². The second-order valence-corrected chi connectivity index (χ2v) is 8.07. The number of hydrogen-bond donors (Lipinski definition) is 0. The minimum absolute atomic E-state index is 0.814. The van der Waals surface area contributed by atoms with Crippen molar-refractivity contribution in [3.63, 3.8) is 0 Å². The smallest absolute Gasteiger partial charge is 0.0977 e. The maximum atomic E-state index is 4.59. The summed E-state index contributed by atoms with van der Waals surface area (Å²) >= 11 is 0. The summed E-state index contributed by atoms with van der Waals surface area (Å²) in [6.07, 6.45) is 0. The molecule has 160 valence electrons. The monoisotopic (exact) mass is 418 g/mol. The van der Waals surface area contributed by atoms with Crippen LogP contribution in [0.4, 0.5) is 0 Å². The molecular weight excluding hydrogens is 388 g/mol. The highest BCUT2D eigenvalue weighted by Crippen LogP contribution is 2.22. The summed E-state index contributed by atoms with van der Waals surface area (Å²) in [6.45, 7) is 7.85. The highest BCUT2D eigenvalue weighted by molar-refractivity contribution is 5.22. The van der Waals surface area contributed by atoms with E-state index in [-0.39, 0.29) is 0 Å². The Morgan fingerprint density at radius 2 is 0.625 bits per heavy atom.